The van der Waals surface area contributed by atoms with Crippen LogP contribution in [0.1, 0.15) is 64.4 Å². The van der Waals surface area contributed by atoms with Gasteiger partial charge >= 0.3 is 0 Å². The first-order valence-electron chi connectivity index (χ1n) is 18.9. The van der Waals surface area contributed by atoms with Gasteiger partial charge in [-0.2, -0.15) is 0 Å². The Kier molecular flexibility index (Phi) is 11.5. The topological polar surface area (TPSA) is 134 Å². The van der Waals surface area contributed by atoms with Gasteiger partial charge in [-0.15, -0.1) is 16.0 Å². The van der Waals surface area contributed by atoms with Crippen LogP contribution in [0.5, 0.6) is 11.6 Å². The molecule has 2 amide bonds. The molecule has 14 heteroatoms. The number of hydrogen-bond acceptors (Lipinski definition) is 9. The number of benzene rings is 2. The Hall–Kier alpha value is -4.17. The van der Waals surface area contributed by atoms with Gasteiger partial charge in [-0.25, -0.2) is 4.21 Å². The van der Waals surface area contributed by atoms with Crippen LogP contribution < -0.4 is 19.1 Å². The van der Waals surface area contributed by atoms with Gasteiger partial charge in [0.1, 0.15) is 21.2 Å². The predicted octanol–water partition coefficient (Wildman–Crippen LogP) is 6.33. The van der Waals surface area contributed by atoms with Crippen molar-refractivity contribution in [3.05, 3.63) is 94.7 Å². The zero-order valence-corrected chi connectivity index (χ0v) is 33.4. The molecule has 2 bridgehead atoms. The van der Waals surface area contributed by atoms with Crippen LogP contribution in [0, 0.1) is 17.8 Å². The summed E-state index contributed by atoms with van der Waals surface area (Å²) >= 11 is 6.48. The van der Waals surface area contributed by atoms with Gasteiger partial charge in [-0.3, -0.25) is 19.0 Å². The third-order valence-electron chi connectivity index (χ3n) is 11.6. The Bertz CT molecular complexity index is 2110. The van der Waals surface area contributed by atoms with Gasteiger partial charge in [0.05, 0.1) is 44.0 Å². The molecule has 12 nitrogen and oxygen atoms in total. The van der Waals surface area contributed by atoms with Crippen LogP contribution in [0.4, 0.5) is 5.69 Å². The molecule has 294 valence electrons. The van der Waals surface area contributed by atoms with E-state index in [0.717, 1.165) is 49.4 Å². The Morgan fingerprint density at radius 1 is 1.18 bits per heavy atom. The van der Waals surface area contributed by atoms with Crippen LogP contribution in [-0.4, -0.2) is 84.3 Å². The largest absolute Gasteiger partial charge is 0.490 e. The van der Waals surface area contributed by atoms with E-state index in [2.05, 4.69) is 37.8 Å². The van der Waals surface area contributed by atoms with E-state index in [-0.39, 0.29) is 46.8 Å². The van der Waals surface area contributed by atoms with E-state index in [1.54, 1.807) is 38.4 Å². The van der Waals surface area contributed by atoms with Gasteiger partial charge < -0.3 is 23.8 Å². The highest BCUT2D eigenvalue weighted by Crippen LogP contribution is 2.47. The molecule has 1 N–H and O–H groups in total. The average Bonchev–Trinajstić information content (AvgIpc) is 3.47. The number of rotatable bonds is 7. The van der Waals surface area contributed by atoms with Crippen molar-refractivity contribution in [3.8, 4) is 11.6 Å². The fourth-order valence-corrected chi connectivity index (χ4v) is 10.8. The molecule has 1 aromatic heterocycles. The molecule has 3 heterocycles. The number of nitrogens with zero attached hydrogens (tertiary/aromatic N) is 4. The SMILES string of the molecule is C=CCO[C@H]1/C=C/[C@H](OC)[C@@H]2CC[C@H]2CN2C[C@@]3(CCCc4cc(Cl)ccc43)COc3ccc(cc32)C(=O)N=[S@](=O)(NC(=O)c2cn(C)nc2OC)C[C@H]1C. The number of amides is 2. The van der Waals surface area contributed by atoms with Gasteiger partial charge in [0.2, 0.25) is 5.88 Å². The van der Waals surface area contributed by atoms with Crippen LogP contribution in [-0.2, 0) is 38.3 Å². The van der Waals surface area contributed by atoms with E-state index in [9.17, 15) is 13.8 Å². The van der Waals surface area contributed by atoms with Crippen molar-refractivity contribution in [2.75, 3.05) is 51.2 Å². The van der Waals surface area contributed by atoms with Crippen LogP contribution in [0.15, 0.2) is 71.8 Å². The Balaban J connectivity index is 1.33. The highest BCUT2D eigenvalue weighted by Gasteiger charge is 2.44. The minimum Gasteiger partial charge on any atom is -0.490 e. The zero-order valence-electron chi connectivity index (χ0n) is 31.9. The summed E-state index contributed by atoms with van der Waals surface area (Å²) in [7, 11) is 1.01. The van der Waals surface area contributed by atoms with Gasteiger partial charge in [0.15, 0.2) is 0 Å². The number of halogens is 1. The lowest BCUT2D eigenvalue weighted by Gasteiger charge is -2.46. The first kappa shape index (κ1) is 39.1. The highest BCUT2D eigenvalue weighted by atomic mass is 35.5. The number of nitrogens with one attached hydrogen (secondary N) is 1. The molecule has 0 radical (unpaired) electrons. The summed E-state index contributed by atoms with van der Waals surface area (Å²) in [4.78, 5) is 30.3. The molecule has 7 atom stereocenters. The molecule has 55 heavy (non-hydrogen) atoms. The summed E-state index contributed by atoms with van der Waals surface area (Å²) in [6, 6.07) is 11.4. The highest BCUT2D eigenvalue weighted by molar-refractivity contribution is 7.92. The van der Waals surface area contributed by atoms with E-state index >= 15 is 0 Å². The second kappa shape index (κ2) is 16.1. The number of aryl methyl sites for hydroxylation is 2. The van der Waals surface area contributed by atoms with Crippen molar-refractivity contribution in [3.63, 3.8) is 0 Å². The average molecular weight is 792 g/mol. The molecule has 3 aromatic rings. The minimum absolute atomic E-state index is 0.0536. The number of carbonyl (C=O) groups excluding carboxylic acids is 2. The number of anilines is 1. The molecule has 1 spiro atoms. The summed E-state index contributed by atoms with van der Waals surface area (Å²) in [5.74, 6) is -0.824. The molecule has 0 unspecified atom stereocenters. The van der Waals surface area contributed by atoms with Crippen LogP contribution in [0.3, 0.4) is 0 Å². The maximum atomic E-state index is 14.9. The van der Waals surface area contributed by atoms with E-state index in [4.69, 9.17) is 30.5 Å². The van der Waals surface area contributed by atoms with E-state index in [1.807, 2.05) is 25.1 Å². The Morgan fingerprint density at radius 3 is 2.75 bits per heavy atom. The molecule has 2 aliphatic carbocycles. The molecule has 0 saturated heterocycles. The lowest BCUT2D eigenvalue weighted by Crippen LogP contribution is -2.49. The number of hydrogen-bond donors (Lipinski definition) is 1. The molecule has 7 rings (SSSR count). The first-order chi connectivity index (χ1) is 26.4. The fraction of sp³-hybridized carbons (Fsp3) is 0.488. The second-order valence-corrected chi connectivity index (χ2v) is 17.7. The van der Waals surface area contributed by atoms with Crippen molar-refractivity contribution in [2.24, 2.45) is 29.2 Å². The fourth-order valence-electron chi connectivity index (χ4n) is 8.70. The molecule has 4 aliphatic rings. The maximum Gasteiger partial charge on any atom is 0.286 e. The van der Waals surface area contributed by atoms with E-state index in [0.29, 0.717) is 24.8 Å². The number of ether oxygens (including phenoxy) is 4. The monoisotopic (exact) mass is 791 g/mol. The number of methoxy groups -OCH3 is 2. The third kappa shape index (κ3) is 8.07. The predicted molar refractivity (Wildman–Crippen MR) is 212 cm³/mol. The third-order valence-corrected chi connectivity index (χ3v) is 13.7. The summed E-state index contributed by atoms with van der Waals surface area (Å²) in [5, 5.41) is 4.89. The molecular formula is C41H50ClN5O7S. The maximum absolute atomic E-state index is 14.9. The Labute approximate surface area is 328 Å². The number of fused-ring (bicyclic) bond motifs is 4. The second-order valence-electron chi connectivity index (χ2n) is 15.3. The van der Waals surface area contributed by atoms with Crippen LogP contribution >= 0.6 is 11.6 Å². The normalized spacial score (nSPS) is 29.7. The standard InChI is InChI=1S/C41H50ClN5O7S/c1-6-18-53-35-15-16-36(51-4)31-12-9-29(31)21-47-24-41(17-7-8-27-19-30(42)11-13-33(27)41)25-54-37-14-10-28(20-34(37)47)38(48)44-55(50,23-26(35)2)45-39(49)32-22-46(3)43-40(32)52-5/h6,10-11,13-16,19-20,22,26,29,31,35-36H,1,7-9,12,17-18,21,23-25H2,2-5H3,(H,44,45,48,49,50)/b16-15+/t26-,29+,31-,35+,36+,41+,55+/m1/s1. The summed E-state index contributed by atoms with van der Waals surface area (Å²) in [6.45, 7) is 7.78. The summed E-state index contributed by atoms with van der Waals surface area (Å²) < 4.78 is 47.5. The van der Waals surface area contributed by atoms with Gasteiger partial charge in [-0.1, -0.05) is 42.8 Å². The lowest BCUT2D eigenvalue weighted by molar-refractivity contribution is 0.0115. The van der Waals surface area contributed by atoms with Crippen LogP contribution in [0.25, 0.3) is 0 Å². The zero-order chi connectivity index (χ0) is 38.9. The minimum atomic E-state index is -3.76. The molecule has 2 aliphatic heterocycles. The van der Waals surface area contributed by atoms with Crippen molar-refractivity contribution < 1.29 is 32.7 Å². The van der Waals surface area contributed by atoms with Crippen molar-refractivity contribution in [1.29, 1.82) is 0 Å². The quantitative estimate of drug-likeness (QED) is 0.273. The van der Waals surface area contributed by atoms with E-state index in [1.165, 1.54) is 29.1 Å². The lowest BCUT2D eigenvalue weighted by atomic mass is 9.68. The van der Waals surface area contributed by atoms with Gasteiger partial charge in [-0.05, 0) is 85.4 Å². The van der Waals surface area contributed by atoms with Crippen molar-refractivity contribution in [1.82, 2.24) is 14.5 Å². The molecule has 1 fully saturated rings. The van der Waals surface area contributed by atoms with Crippen LogP contribution in [0.2, 0.25) is 5.02 Å². The number of aromatic nitrogens is 2. The number of carbonyl (C=O) groups is 2. The van der Waals surface area contributed by atoms with Gasteiger partial charge in [0, 0.05) is 55.4 Å². The van der Waals surface area contributed by atoms with Gasteiger partial charge in [0.25, 0.3) is 11.8 Å². The van der Waals surface area contributed by atoms with Crippen molar-refractivity contribution in [2.45, 2.75) is 56.7 Å². The smallest absolute Gasteiger partial charge is 0.286 e. The van der Waals surface area contributed by atoms with E-state index < -0.39 is 33.8 Å². The summed E-state index contributed by atoms with van der Waals surface area (Å²) in [5.41, 5.74) is 3.27. The molecule has 2 aromatic carbocycles. The Morgan fingerprint density at radius 2 is 2.00 bits per heavy atom. The van der Waals surface area contributed by atoms with Crippen molar-refractivity contribution >= 4 is 39.0 Å². The summed E-state index contributed by atoms with van der Waals surface area (Å²) in [6.07, 6.45) is 11.3. The molecule has 1 saturated carbocycles. The first-order valence-corrected chi connectivity index (χ1v) is 20.9. The molecular weight excluding hydrogens is 742 g/mol.